The average molecular weight is 268 g/mol. The van der Waals surface area contributed by atoms with Gasteiger partial charge >= 0.3 is 0 Å². The summed E-state index contributed by atoms with van der Waals surface area (Å²) in [6, 6.07) is 9.45. The van der Waals surface area contributed by atoms with E-state index < -0.39 is 11.6 Å². The Labute approximate surface area is 109 Å². The van der Waals surface area contributed by atoms with E-state index >= 15 is 0 Å². The summed E-state index contributed by atoms with van der Waals surface area (Å²) < 4.78 is 25.8. The highest BCUT2D eigenvalue weighted by molar-refractivity contribution is 6.33. The van der Waals surface area contributed by atoms with E-state index in [-0.39, 0.29) is 0 Å². The van der Waals surface area contributed by atoms with Gasteiger partial charge in [0.15, 0.2) is 11.6 Å². The molecule has 2 aromatic carbocycles. The van der Waals surface area contributed by atoms with Gasteiger partial charge in [-0.3, -0.25) is 0 Å². The molecule has 2 aromatic rings. The van der Waals surface area contributed by atoms with Crippen LogP contribution in [0, 0.1) is 18.6 Å². The van der Waals surface area contributed by atoms with E-state index in [9.17, 15) is 8.78 Å². The lowest BCUT2D eigenvalue weighted by atomic mass is 10.2. The summed E-state index contributed by atoms with van der Waals surface area (Å²) in [4.78, 5) is 0. The van der Waals surface area contributed by atoms with Gasteiger partial charge in [-0.25, -0.2) is 8.78 Å². The predicted octanol–water partition coefficient (Wildman–Crippen LogP) is 4.54. The molecule has 0 aliphatic carbocycles. The van der Waals surface area contributed by atoms with Crippen molar-refractivity contribution in [3.8, 4) is 0 Å². The molecule has 0 aliphatic heterocycles. The van der Waals surface area contributed by atoms with Gasteiger partial charge in [-0.1, -0.05) is 23.7 Å². The molecule has 0 radical (unpaired) electrons. The first-order valence-corrected chi connectivity index (χ1v) is 5.88. The summed E-state index contributed by atoms with van der Waals surface area (Å²) in [5, 5.41) is 3.69. The van der Waals surface area contributed by atoms with Crippen molar-refractivity contribution < 1.29 is 8.78 Å². The van der Waals surface area contributed by atoms with Crippen LogP contribution in [-0.2, 0) is 6.54 Å². The molecule has 0 heterocycles. The molecule has 18 heavy (non-hydrogen) atoms. The first-order valence-electron chi connectivity index (χ1n) is 5.50. The Morgan fingerprint density at radius 2 is 1.83 bits per heavy atom. The normalized spacial score (nSPS) is 10.4. The molecule has 0 atom stereocenters. The van der Waals surface area contributed by atoms with Gasteiger partial charge in [0.25, 0.3) is 0 Å². The summed E-state index contributed by atoms with van der Waals surface area (Å²) in [5.41, 5.74) is 2.50. The van der Waals surface area contributed by atoms with Crippen molar-refractivity contribution in [1.82, 2.24) is 0 Å². The van der Waals surface area contributed by atoms with Crippen molar-refractivity contribution in [1.29, 1.82) is 0 Å². The van der Waals surface area contributed by atoms with E-state index in [1.807, 2.05) is 25.1 Å². The second kappa shape index (κ2) is 5.36. The van der Waals surface area contributed by atoms with E-state index in [0.717, 1.165) is 17.3 Å². The zero-order valence-electron chi connectivity index (χ0n) is 9.81. The SMILES string of the molecule is Cc1ccc(NCc2ccc(F)c(F)c2)c(Cl)c1. The van der Waals surface area contributed by atoms with E-state index in [1.54, 1.807) is 0 Å². The third-order valence-electron chi connectivity index (χ3n) is 2.59. The van der Waals surface area contributed by atoms with Gasteiger partial charge < -0.3 is 5.32 Å². The lowest BCUT2D eigenvalue weighted by Crippen LogP contribution is -2.01. The fourth-order valence-electron chi connectivity index (χ4n) is 1.61. The van der Waals surface area contributed by atoms with Crippen LogP contribution in [0.1, 0.15) is 11.1 Å². The van der Waals surface area contributed by atoms with E-state index in [1.165, 1.54) is 12.1 Å². The third-order valence-corrected chi connectivity index (χ3v) is 2.90. The third kappa shape index (κ3) is 2.99. The Kier molecular flexibility index (Phi) is 3.82. The molecule has 94 valence electrons. The minimum atomic E-state index is -0.843. The first kappa shape index (κ1) is 12.8. The molecule has 0 spiro atoms. The molecule has 0 aliphatic rings. The van der Waals surface area contributed by atoms with Crippen LogP contribution in [0.5, 0.6) is 0 Å². The zero-order valence-corrected chi connectivity index (χ0v) is 10.6. The number of hydrogen-bond donors (Lipinski definition) is 1. The molecule has 0 saturated heterocycles. The molecular weight excluding hydrogens is 256 g/mol. The molecule has 0 fully saturated rings. The maximum Gasteiger partial charge on any atom is 0.159 e. The van der Waals surface area contributed by atoms with Crippen LogP contribution >= 0.6 is 11.6 Å². The molecular formula is C14H12ClF2N. The summed E-state index contributed by atoms with van der Waals surface area (Å²) in [6.45, 7) is 2.34. The van der Waals surface area contributed by atoms with Crippen LogP contribution in [0.25, 0.3) is 0 Å². The number of aryl methyl sites for hydroxylation is 1. The average Bonchev–Trinajstić information content (AvgIpc) is 2.32. The van der Waals surface area contributed by atoms with Crippen molar-refractivity contribution in [3.05, 3.63) is 64.2 Å². The number of rotatable bonds is 3. The Morgan fingerprint density at radius 1 is 1.06 bits per heavy atom. The Hall–Kier alpha value is -1.61. The molecule has 0 bridgehead atoms. The molecule has 2 rings (SSSR count). The van der Waals surface area contributed by atoms with Crippen LogP contribution in [0.4, 0.5) is 14.5 Å². The highest BCUT2D eigenvalue weighted by atomic mass is 35.5. The van der Waals surface area contributed by atoms with Crippen LogP contribution in [0.3, 0.4) is 0 Å². The molecule has 0 aromatic heterocycles. The van der Waals surface area contributed by atoms with Gasteiger partial charge in [0, 0.05) is 6.54 Å². The molecule has 4 heteroatoms. The summed E-state index contributed by atoms with van der Waals surface area (Å²) in [5.74, 6) is -1.68. The van der Waals surface area contributed by atoms with E-state index in [4.69, 9.17) is 11.6 Å². The Balaban J connectivity index is 2.09. The Morgan fingerprint density at radius 3 is 2.50 bits per heavy atom. The van der Waals surface area contributed by atoms with E-state index in [0.29, 0.717) is 17.1 Å². The number of hydrogen-bond acceptors (Lipinski definition) is 1. The van der Waals surface area contributed by atoms with Crippen molar-refractivity contribution in [2.75, 3.05) is 5.32 Å². The van der Waals surface area contributed by atoms with Gasteiger partial charge in [0.2, 0.25) is 0 Å². The number of benzene rings is 2. The summed E-state index contributed by atoms with van der Waals surface area (Å²) in [6.07, 6.45) is 0. The standard InChI is InChI=1S/C14H12ClF2N/c1-9-2-5-14(11(15)6-9)18-8-10-3-4-12(16)13(17)7-10/h2-7,18H,8H2,1H3. The lowest BCUT2D eigenvalue weighted by molar-refractivity contribution is 0.507. The van der Waals surface area contributed by atoms with Crippen LogP contribution in [0.15, 0.2) is 36.4 Å². The molecule has 0 saturated carbocycles. The molecule has 0 unspecified atom stereocenters. The topological polar surface area (TPSA) is 12.0 Å². The maximum absolute atomic E-state index is 13.0. The predicted molar refractivity (Wildman–Crippen MR) is 69.9 cm³/mol. The van der Waals surface area contributed by atoms with Gasteiger partial charge in [-0.2, -0.15) is 0 Å². The van der Waals surface area contributed by atoms with Gasteiger partial charge in [-0.15, -0.1) is 0 Å². The fourth-order valence-corrected chi connectivity index (χ4v) is 1.91. The summed E-state index contributed by atoms with van der Waals surface area (Å²) >= 11 is 6.06. The largest absolute Gasteiger partial charge is 0.380 e. The molecule has 1 N–H and O–H groups in total. The fraction of sp³-hybridized carbons (Fsp3) is 0.143. The lowest BCUT2D eigenvalue weighted by Gasteiger charge is -2.09. The van der Waals surface area contributed by atoms with Crippen LogP contribution in [-0.4, -0.2) is 0 Å². The summed E-state index contributed by atoms with van der Waals surface area (Å²) in [7, 11) is 0. The van der Waals surface area contributed by atoms with Gasteiger partial charge in [0.1, 0.15) is 0 Å². The number of anilines is 1. The molecule has 1 nitrogen and oxygen atoms in total. The van der Waals surface area contributed by atoms with Crippen molar-refractivity contribution >= 4 is 17.3 Å². The van der Waals surface area contributed by atoms with Crippen molar-refractivity contribution in [3.63, 3.8) is 0 Å². The zero-order chi connectivity index (χ0) is 13.1. The first-order chi connectivity index (χ1) is 8.56. The van der Waals surface area contributed by atoms with E-state index in [2.05, 4.69) is 5.32 Å². The van der Waals surface area contributed by atoms with Crippen molar-refractivity contribution in [2.45, 2.75) is 13.5 Å². The molecule has 0 amide bonds. The highest BCUT2D eigenvalue weighted by Crippen LogP contribution is 2.23. The van der Waals surface area contributed by atoms with Crippen LogP contribution in [0.2, 0.25) is 5.02 Å². The second-order valence-corrected chi connectivity index (χ2v) is 4.49. The van der Waals surface area contributed by atoms with Gasteiger partial charge in [0.05, 0.1) is 10.7 Å². The number of halogens is 3. The minimum Gasteiger partial charge on any atom is -0.380 e. The van der Waals surface area contributed by atoms with Crippen molar-refractivity contribution in [2.24, 2.45) is 0 Å². The quantitative estimate of drug-likeness (QED) is 0.861. The minimum absolute atomic E-state index is 0.389. The highest BCUT2D eigenvalue weighted by Gasteiger charge is 2.04. The smallest absolute Gasteiger partial charge is 0.159 e. The van der Waals surface area contributed by atoms with Gasteiger partial charge in [-0.05, 0) is 42.3 Å². The number of nitrogens with one attached hydrogen (secondary N) is 1. The Bertz CT molecular complexity index is 570. The second-order valence-electron chi connectivity index (χ2n) is 4.09. The van der Waals surface area contributed by atoms with Crippen LogP contribution < -0.4 is 5.32 Å². The maximum atomic E-state index is 13.0. The monoisotopic (exact) mass is 267 g/mol.